The molecule has 0 bridgehead atoms. The van der Waals surface area contributed by atoms with Crippen LogP contribution in [0.25, 0.3) is 0 Å². The highest BCUT2D eigenvalue weighted by molar-refractivity contribution is 6.30. The van der Waals surface area contributed by atoms with E-state index in [4.69, 9.17) is 11.6 Å². The van der Waals surface area contributed by atoms with E-state index in [9.17, 15) is 4.79 Å². The molecule has 1 unspecified atom stereocenters. The Balaban J connectivity index is 1.81. The Hall–Kier alpha value is -1.88. The second-order valence-electron chi connectivity index (χ2n) is 4.44. The van der Waals surface area contributed by atoms with E-state index in [2.05, 4.69) is 22.2 Å². The summed E-state index contributed by atoms with van der Waals surface area (Å²) in [5.74, 6) is 0.125. The molecule has 0 aliphatic heterocycles. The van der Waals surface area contributed by atoms with Gasteiger partial charge in [-0.2, -0.15) is 0 Å². The van der Waals surface area contributed by atoms with Crippen molar-refractivity contribution in [2.75, 3.05) is 6.54 Å². The Kier molecular flexibility index (Phi) is 4.52. The molecule has 0 aliphatic rings. The SMILES string of the molecule is CC(CNC(=O)c1ccc(Cl)cn1)Cn1ccnc1. The summed E-state index contributed by atoms with van der Waals surface area (Å²) in [6.07, 6.45) is 6.87. The molecule has 1 amide bonds. The molecule has 2 aromatic heterocycles. The number of nitrogens with one attached hydrogen (secondary N) is 1. The van der Waals surface area contributed by atoms with Crippen LogP contribution in [0.15, 0.2) is 37.1 Å². The highest BCUT2D eigenvalue weighted by Crippen LogP contribution is 2.06. The molecule has 2 rings (SSSR count). The maximum atomic E-state index is 11.8. The molecule has 0 spiro atoms. The van der Waals surface area contributed by atoms with Crippen molar-refractivity contribution < 1.29 is 4.79 Å². The number of rotatable bonds is 5. The number of nitrogens with zero attached hydrogens (tertiary/aromatic N) is 3. The molecule has 0 fully saturated rings. The summed E-state index contributed by atoms with van der Waals surface area (Å²) in [6.45, 7) is 3.46. The lowest BCUT2D eigenvalue weighted by atomic mass is 10.2. The Morgan fingerprint density at radius 1 is 1.53 bits per heavy atom. The zero-order chi connectivity index (χ0) is 13.7. The highest BCUT2D eigenvalue weighted by Gasteiger charge is 2.09. The van der Waals surface area contributed by atoms with E-state index in [1.54, 1.807) is 24.7 Å². The molecule has 0 radical (unpaired) electrons. The van der Waals surface area contributed by atoms with Gasteiger partial charge in [0, 0.05) is 31.7 Å². The maximum absolute atomic E-state index is 11.8. The fourth-order valence-corrected chi connectivity index (χ4v) is 1.80. The normalized spacial score (nSPS) is 12.1. The summed E-state index contributed by atoms with van der Waals surface area (Å²) in [7, 11) is 0. The van der Waals surface area contributed by atoms with Crippen LogP contribution in [0, 0.1) is 5.92 Å². The number of pyridine rings is 1. The van der Waals surface area contributed by atoms with Gasteiger partial charge in [-0.25, -0.2) is 9.97 Å². The van der Waals surface area contributed by atoms with Crippen molar-refractivity contribution in [1.29, 1.82) is 0 Å². The molecule has 2 heterocycles. The molecule has 5 nitrogen and oxygen atoms in total. The summed E-state index contributed by atoms with van der Waals surface area (Å²) in [5.41, 5.74) is 0.374. The molecular formula is C13H15ClN4O. The monoisotopic (exact) mass is 278 g/mol. The molecule has 0 saturated heterocycles. The first-order valence-electron chi connectivity index (χ1n) is 6.00. The van der Waals surface area contributed by atoms with E-state index >= 15 is 0 Å². The summed E-state index contributed by atoms with van der Waals surface area (Å²) in [5, 5.41) is 3.37. The van der Waals surface area contributed by atoms with Crippen LogP contribution < -0.4 is 5.32 Å². The zero-order valence-electron chi connectivity index (χ0n) is 10.6. The Labute approximate surface area is 116 Å². The second kappa shape index (κ2) is 6.33. The van der Waals surface area contributed by atoms with E-state index in [-0.39, 0.29) is 5.91 Å². The first kappa shape index (κ1) is 13.5. The minimum Gasteiger partial charge on any atom is -0.350 e. The Morgan fingerprint density at radius 3 is 3.00 bits per heavy atom. The predicted molar refractivity (Wildman–Crippen MR) is 73.0 cm³/mol. The second-order valence-corrected chi connectivity index (χ2v) is 4.87. The van der Waals surface area contributed by atoms with Crippen molar-refractivity contribution in [3.63, 3.8) is 0 Å². The van der Waals surface area contributed by atoms with Gasteiger partial charge in [-0.1, -0.05) is 18.5 Å². The van der Waals surface area contributed by atoms with Gasteiger partial charge in [-0.05, 0) is 18.1 Å². The van der Waals surface area contributed by atoms with E-state index in [0.717, 1.165) is 6.54 Å². The zero-order valence-corrected chi connectivity index (χ0v) is 11.3. The number of hydrogen-bond donors (Lipinski definition) is 1. The molecule has 1 N–H and O–H groups in total. The summed E-state index contributed by atoms with van der Waals surface area (Å²) in [4.78, 5) is 19.8. The average Bonchev–Trinajstić information content (AvgIpc) is 2.89. The van der Waals surface area contributed by atoms with Crippen molar-refractivity contribution in [1.82, 2.24) is 19.9 Å². The topological polar surface area (TPSA) is 59.8 Å². The van der Waals surface area contributed by atoms with E-state index in [1.807, 2.05) is 10.8 Å². The maximum Gasteiger partial charge on any atom is 0.269 e. The van der Waals surface area contributed by atoms with Crippen molar-refractivity contribution in [3.05, 3.63) is 47.8 Å². The summed E-state index contributed by atoms with van der Waals surface area (Å²) < 4.78 is 1.98. The first-order chi connectivity index (χ1) is 9.15. The van der Waals surface area contributed by atoms with Gasteiger partial charge in [0.15, 0.2) is 0 Å². The van der Waals surface area contributed by atoms with E-state index < -0.39 is 0 Å². The lowest BCUT2D eigenvalue weighted by Crippen LogP contribution is -2.30. The number of carbonyl (C=O) groups excluding carboxylic acids is 1. The lowest BCUT2D eigenvalue weighted by Gasteiger charge is -2.12. The summed E-state index contributed by atoms with van der Waals surface area (Å²) in [6, 6.07) is 3.26. The lowest BCUT2D eigenvalue weighted by molar-refractivity contribution is 0.0942. The smallest absolute Gasteiger partial charge is 0.269 e. The standard InChI is InChI=1S/C13H15ClN4O/c1-10(8-18-5-4-15-9-18)6-17-13(19)12-3-2-11(14)7-16-12/h2-5,7,9-10H,6,8H2,1H3,(H,17,19). The van der Waals surface area contributed by atoms with Gasteiger partial charge in [0.2, 0.25) is 0 Å². The van der Waals surface area contributed by atoms with Gasteiger partial charge in [0.1, 0.15) is 5.69 Å². The van der Waals surface area contributed by atoms with Crippen LogP contribution >= 0.6 is 11.6 Å². The molecule has 0 aliphatic carbocycles. The average molecular weight is 279 g/mol. The Morgan fingerprint density at radius 2 is 2.37 bits per heavy atom. The van der Waals surface area contributed by atoms with Gasteiger partial charge in [-0.3, -0.25) is 4.79 Å². The molecule has 6 heteroatoms. The van der Waals surface area contributed by atoms with E-state index in [0.29, 0.717) is 23.2 Å². The molecule has 2 aromatic rings. The van der Waals surface area contributed by atoms with Crippen LogP contribution in [-0.2, 0) is 6.54 Å². The van der Waals surface area contributed by atoms with Crippen molar-refractivity contribution in [2.45, 2.75) is 13.5 Å². The van der Waals surface area contributed by atoms with Crippen LogP contribution in [0.5, 0.6) is 0 Å². The van der Waals surface area contributed by atoms with Crippen LogP contribution in [0.3, 0.4) is 0 Å². The predicted octanol–water partition coefficient (Wildman–Crippen LogP) is 2.00. The van der Waals surface area contributed by atoms with Crippen LogP contribution in [0.4, 0.5) is 0 Å². The molecule has 1 atom stereocenters. The fourth-order valence-electron chi connectivity index (χ4n) is 1.69. The molecule has 19 heavy (non-hydrogen) atoms. The highest BCUT2D eigenvalue weighted by atomic mass is 35.5. The number of amides is 1. The number of carbonyl (C=O) groups is 1. The van der Waals surface area contributed by atoms with Crippen LogP contribution in [0.1, 0.15) is 17.4 Å². The van der Waals surface area contributed by atoms with Crippen molar-refractivity contribution in [2.24, 2.45) is 5.92 Å². The van der Waals surface area contributed by atoms with Gasteiger partial charge in [-0.15, -0.1) is 0 Å². The summed E-state index contributed by atoms with van der Waals surface area (Å²) >= 11 is 5.72. The third-order valence-electron chi connectivity index (χ3n) is 2.65. The first-order valence-corrected chi connectivity index (χ1v) is 6.38. The van der Waals surface area contributed by atoms with Gasteiger partial charge in [0.05, 0.1) is 11.3 Å². The minimum atomic E-state index is -0.186. The van der Waals surface area contributed by atoms with Crippen LogP contribution in [-0.4, -0.2) is 27.0 Å². The van der Waals surface area contributed by atoms with Gasteiger partial charge in [0.25, 0.3) is 5.91 Å². The number of halogens is 1. The van der Waals surface area contributed by atoms with Crippen LogP contribution in [0.2, 0.25) is 5.02 Å². The van der Waals surface area contributed by atoms with Crippen molar-refractivity contribution in [3.8, 4) is 0 Å². The number of hydrogen-bond acceptors (Lipinski definition) is 3. The number of aromatic nitrogens is 3. The van der Waals surface area contributed by atoms with Crippen molar-refractivity contribution >= 4 is 17.5 Å². The van der Waals surface area contributed by atoms with Gasteiger partial charge < -0.3 is 9.88 Å². The third kappa shape index (κ3) is 4.06. The fraction of sp³-hybridized carbons (Fsp3) is 0.308. The third-order valence-corrected chi connectivity index (χ3v) is 2.88. The van der Waals surface area contributed by atoms with Gasteiger partial charge >= 0.3 is 0 Å². The quantitative estimate of drug-likeness (QED) is 0.910. The van der Waals surface area contributed by atoms with E-state index in [1.165, 1.54) is 6.20 Å². The molecule has 0 aromatic carbocycles. The minimum absolute atomic E-state index is 0.186. The number of imidazole rings is 1. The Bertz CT molecular complexity index is 524. The molecule has 100 valence electrons. The molecule has 0 saturated carbocycles. The molecular weight excluding hydrogens is 264 g/mol. The largest absolute Gasteiger partial charge is 0.350 e.